The Morgan fingerprint density at radius 1 is 1.15 bits per heavy atom. The minimum atomic E-state index is -0.221. The van der Waals surface area contributed by atoms with Crippen LogP contribution in [0, 0.1) is 0 Å². The molecule has 0 saturated carbocycles. The molecule has 0 atom stereocenters. The number of carbonyl (C=O) groups is 1. The van der Waals surface area contributed by atoms with E-state index in [0.29, 0.717) is 30.3 Å². The zero-order valence-corrected chi connectivity index (χ0v) is 15.7. The lowest BCUT2D eigenvalue weighted by molar-refractivity contribution is -0.119. The highest BCUT2D eigenvalue weighted by Crippen LogP contribution is 2.38. The summed E-state index contributed by atoms with van der Waals surface area (Å²) in [6, 6.07) is 13.1. The first kappa shape index (κ1) is 18.9. The second kappa shape index (κ2) is 8.66. The number of ether oxygens (including phenoxy) is 3. The Bertz CT molecular complexity index is 851. The van der Waals surface area contributed by atoms with E-state index < -0.39 is 0 Å². The van der Waals surface area contributed by atoms with E-state index in [-0.39, 0.29) is 12.5 Å². The van der Waals surface area contributed by atoms with Gasteiger partial charge in [0.05, 0.1) is 12.2 Å². The van der Waals surface area contributed by atoms with Gasteiger partial charge < -0.3 is 24.4 Å². The van der Waals surface area contributed by atoms with Crippen LogP contribution in [0.5, 0.6) is 11.5 Å². The van der Waals surface area contributed by atoms with Gasteiger partial charge in [-0.25, -0.2) is 4.99 Å². The summed E-state index contributed by atoms with van der Waals surface area (Å²) in [7, 11) is 5.10. The average molecular weight is 369 g/mol. The number of nitrogens with one attached hydrogen (secondary N) is 1. The van der Waals surface area contributed by atoms with E-state index in [1.807, 2.05) is 48.3 Å². The van der Waals surface area contributed by atoms with Gasteiger partial charge in [0.1, 0.15) is 23.9 Å². The van der Waals surface area contributed by atoms with Gasteiger partial charge >= 0.3 is 0 Å². The molecule has 142 valence electrons. The number of rotatable bonds is 6. The van der Waals surface area contributed by atoms with Gasteiger partial charge in [0, 0.05) is 33.5 Å². The average Bonchev–Trinajstić information content (AvgIpc) is 2.83. The quantitative estimate of drug-likeness (QED) is 0.847. The molecule has 27 heavy (non-hydrogen) atoms. The second-order valence-corrected chi connectivity index (χ2v) is 6.11. The number of fused-ring (bicyclic) bond motifs is 2. The first-order chi connectivity index (χ1) is 13.1. The Balaban J connectivity index is 2.02. The molecule has 3 rings (SSSR count). The molecule has 0 unspecified atom stereocenters. The van der Waals surface area contributed by atoms with Crippen molar-refractivity contribution in [3.8, 4) is 11.5 Å². The molecule has 0 bridgehead atoms. The first-order valence-electron chi connectivity index (χ1n) is 8.61. The van der Waals surface area contributed by atoms with E-state index in [1.54, 1.807) is 13.2 Å². The van der Waals surface area contributed by atoms with Crippen LogP contribution < -0.4 is 10.1 Å². The predicted octanol–water partition coefficient (Wildman–Crippen LogP) is 3.03. The molecule has 0 fully saturated rings. The molecule has 1 aliphatic rings. The minimum absolute atomic E-state index is 0.00624. The summed E-state index contributed by atoms with van der Waals surface area (Å²) in [5, 5.41) is 2.82. The van der Waals surface area contributed by atoms with E-state index in [4.69, 9.17) is 19.2 Å². The van der Waals surface area contributed by atoms with Crippen LogP contribution in [0.1, 0.15) is 5.56 Å². The van der Waals surface area contributed by atoms with Crippen molar-refractivity contribution in [2.75, 3.05) is 46.3 Å². The molecule has 0 radical (unpaired) electrons. The molecule has 0 spiro atoms. The van der Waals surface area contributed by atoms with Gasteiger partial charge in [0.25, 0.3) is 0 Å². The lowest BCUT2D eigenvalue weighted by Crippen LogP contribution is -2.30. The summed E-state index contributed by atoms with van der Waals surface area (Å²) < 4.78 is 16.2. The van der Waals surface area contributed by atoms with E-state index in [0.717, 1.165) is 17.1 Å². The summed E-state index contributed by atoms with van der Waals surface area (Å²) >= 11 is 0. The van der Waals surface area contributed by atoms with Crippen molar-refractivity contribution in [1.82, 2.24) is 4.90 Å². The van der Waals surface area contributed by atoms with E-state index in [2.05, 4.69) is 5.32 Å². The van der Waals surface area contributed by atoms with Gasteiger partial charge in [-0.15, -0.1) is 0 Å². The smallest absolute Gasteiger partial charge is 0.250 e. The maximum atomic E-state index is 11.9. The lowest BCUT2D eigenvalue weighted by Gasteiger charge is -2.22. The van der Waals surface area contributed by atoms with Crippen LogP contribution in [0.4, 0.5) is 11.4 Å². The van der Waals surface area contributed by atoms with E-state index in [1.165, 1.54) is 7.11 Å². The monoisotopic (exact) mass is 369 g/mol. The number of hydrogen-bond donors (Lipinski definition) is 1. The largest absolute Gasteiger partial charge is 0.454 e. The van der Waals surface area contributed by atoms with Crippen molar-refractivity contribution in [3.05, 3.63) is 48.0 Å². The molecule has 1 aliphatic heterocycles. The van der Waals surface area contributed by atoms with Crippen LogP contribution in [0.15, 0.2) is 47.5 Å². The number of carbonyl (C=O) groups excluding carboxylic acids is 1. The Hall–Kier alpha value is -2.90. The van der Waals surface area contributed by atoms with Crippen LogP contribution in [0.3, 0.4) is 0 Å². The highest BCUT2D eigenvalue weighted by atomic mass is 16.5. The Labute approximate surface area is 158 Å². The molecule has 0 saturated heterocycles. The molecule has 1 heterocycles. The van der Waals surface area contributed by atoms with Crippen LogP contribution >= 0.6 is 0 Å². The molecule has 1 N–H and O–H groups in total. The number of amides is 1. The number of likely N-dealkylation sites (N-methyl/N-ethyl adjacent to an activating group) is 1. The Morgan fingerprint density at radius 3 is 2.74 bits per heavy atom. The topological polar surface area (TPSA) is 72.4 Å². The highest BCUT2D eigenvalue weighted by molar-refractivity contribution is 6.05. The molecule has 2 aromatic carbocycles. The highest BCUT2D eigenvalue weighted by Gasteiger charge is 2.21. The van der Waals surface area contributed by atoms with Gasteiger partial charge in [0.15, 0.2) is 5.75 Å². The van der Waals surface area contributed by atoms with Crippen molar-refractivity contribution >= 4 is 23.1 Å². The zero-order valence-electron chi connectivity index (χ0n) is 15.7. The fourth-order valence-corrected chi connectivity index (χ4v) is 2.75. The van der Waals surface area contributed by atoms with E-state index >= 15 is 0 Å². The van der Waals surface area contributed by atoms with Gasteiger partial charge in [-0.1, -0.05) is 12.1 Å². The molecule has 2 aromatic rings. The number of benzene rings is 2. The Morgan fingerprint density at radius 2 is 1.96 bits per heavy atom. The molecule has 7 nitrogen and oxygen atoms in total. The number of amidine groups is 1. The number of para-hydroxylation sites is 2. The standard InChI is InChI=1S/C20H23N3O4/c1-23(10-11-25-2)20-15-12-14(21-19(24)13-26-3)8-9-17(15)27-18-7-5-4-6-16(18)22-20/h4-9,12H,10-11,13H2,1-3H3,(H,21,24). The van der Waals surface area contributed by atoms with Crippen LogP contribution in [0.25, 0.3) is 0 Å². The van der Waals surface area contributed by atoms with Crippen molar-refractivity contribution < 1.29 is 19.0 Å². The number of nitrogens with zero attached hydrogens (tertiary/aromatic N) is 2. The van der Waals surface area contributed by atoms with Crippen molar-refractivity contribution in [3.63, 3.8) is 0 Å². The van der Waals surface area contributed by atoms with Crippen molar-refractivity contribution in [1.29, 1.82) is 0 Å². The number of methoxy groups -OCH3 is 2. The molecular weight excluding hydrogens is 346 g/mol. The van der Waals surface area contributed by atoms with Gasteiger partial charge in [-0.3, -0.25) is 4.79 Å². The third kappa shape index (κ3) is 4.45. The fourth-order valence-electron chi connectivity index (χ4n) is 2.75. The van der Waals surface area contributed by atoms with Gasteiger partial charge in [-0.2, -0.15) is 0 Å². The SMILES string of the molecule is COCCN(C)C1=Nc2ccccc2Oc2ccc(NC(=O)COC)cc21. The van der Waals surface area contributed by atoms with E-state index in [9.17, 15) is 4.79 Å². The summed E-state index contributed by atoms with van der Waals surface area (Å²) in [6.45, 7) is 1.22. The molecule has 0 aliphatic carbocycles. The van der Waals surface area contributed by atoms with Crippen molar-refractivity contribution in [2.45, 2.75) is 0 Å². The fraction of sp³-hybridized carbons (Fsp3) is 0.300. The molecule has 7 heteroatoms. The maximum absolute atomic E-state index is 11.9. The van der Waals surface area contributed by atoms with Crippen LogP contribution in [-0.4, -0.2) is 57.7 Å². The van der Waals surface area contributed by atoms with Gasteiger partial charge in [0.2, 0.25) is 5.91 Å². The minimum Gasteiger partial charge on any atom is -0.454 e. The summed E-state index contributed by atoms with van der Waals surface area (Å²) in [4.78, 5) is 18.7. The summed E-state index contributed by atoms with van der Waals surface area (Å²) in [5.74, 6) is 1.88. The van der Waals surface area contributed by atoms with Crippen LogP contribution in [0.2, 0.25) is 0 Å². The Kier molecular flexibility index (Phi) is 6.05. The molecule has 0 aromatic heterocycles. The van der Waals surface area contributed by atoms with Crippen LogP contribution in [-0.2, 0) is 14.3 Å². The first-order valence-corrected chi connectivity index (χ1v) is 8.61. The summed E-state index contributed by atoms with van der Waals surface area (Å²) in [5.41, 5.74) is 2.19. The normalized spacial score (nSPS) is 12.2. The number of hydrogen-bond acceptors (Lipinski definition) is 6. The number of anilines is 1. The van der Waals surface area contributed by atoms with Gasteiger partial charge in [-0.05, 0) is 30.3 Å². The number of aliphatic imine (C=N–C) groups is 1. The molecule has 1 amide bonds. The maximum Gasteiger partial charge on any atom is 0.250 e. The summed E-state index contributed by atoms with van der Waals surface area (Å²) in [6.07, 6.45) is 0. The van der Waals surface area contributed by atoms with Crippen molar-refractivity contribution in [2.24, 2.45) is 4.99 Å². The lowest BCUT2D eigenvalue weighted by atomic mass is 10.1. The third-order valence-electron chi connectivity index (χ3n) is 4.08. The second-order valence-electron chi connectivity index (χ2n) is 6.11. The third-order valence-corrected chi connectivity index (χ3v) is 4.08. The predicted molar refractivity (Wildman–Crippen MR) is 104 cm³/mol. The zero-order chi connectivity index (χ0) is 19.2. The molecular formula is C20H23N3O4.